The molecule has 3 heteroatoms. The molecule has 0 aliphatic heterocycles. The van der Waals surface area contributed by atoms with Crippen LogP contribution >= 0.6 is 0 Å². The van der Waals surface area contributed by atoms with Crippen LogP contribution in [0, 0.1) is 6.92 Å². The molecule has 1 aromatic heterocycles. The third-order valence-electron chi connectivity index (χ3n) is 4.38. The van der Waals surface area contributed by atoms with Gasteiger partial charge in [0.1, 0.15) is 6.54 Å². The molecule has 0 amide bonds. The van der Waals surface area contributed by atoms with E-state index in [1.165, 1.54) is 47.0 Å². The molecule has 0 bridgehead atoms. The van der Waals surface area contributed by atoms with Crippen molar-refractivity contribution in [1.82, 2.24) is 4.57 Å². The van der Waals surface area contributed by atoms with Crippen molar-refractivity contribution in [3.05, 3.63) is 35.0 Å². The van der Waals surface area contributed by atoms with E-state index < -0.39 is 0 Å². The predicted octanol–water partition coefficient (Wildman–Crippen LogP) is 3.78. The second kappa shape index (κ2) is 5.92. The highest BCUT2D eigenvalue weighted by Crippen LogP contribution is 2.32. The first-order valence-corrected chi connectivity index (χ1v) is 7.97. The first-order valence-electron chi connectivity index (χ1n) is 7.97. The quantitative estimate of drug-likeness (QED) is 0.635. The second-order valence-corrected chi connectivity index (χ2v) is 5.90. The van der Waals surface area contributed by atoms with Gasteiger partial charge < -0.3 is 9.30 Å². The SMILES string of the molecule is CCOC(=O)Cn1c2c(c3cc(C)ccc31)CCCCC2. The molecule has 0 saturated carbocycles. The van der Waals surface area contributed by atoms with Crippen LogP contribution in [0.1, 0.15) is 43.0 Å². The molecular weight excluding hydrogens is 262 g/mol. The van der Waals surface area contributed by atoms with Crippen molar-refractivity contribution in [2.75, 3.05) is 6.61 Å². The van der Waals surface area contributed by atoms with Crippen molar-refractivity contribution >= 4 is 16.9 Å². The summed E-state index contributed by atoms with van der Waals surface area (Å²) in [6.07, 6.45) is 5.94. The minimum atomic E-state index is -0.137. The van der Waals surface area contributed by atoms with Gasteiger partial charge in [0.15, 0.2) is 0 Å². The van der Waals surface area contributed by atoms with Crippen molar-refractivity contribution in [3.8, 4) is 0 Å². The number of nitrogens with zero attached hydrogens (tertiary/aromatic N) is 1. The van der Waals surface area contributed by atoms with E-state index in [-0.39, 0.29) is 5.97 Å². The Balaban J connectivity index is 2.12. The largest absolute Gasteiger partial charge is 0.465 e. The van der Waals surface area contributed by atoms with Crippen molar-refractivity contribution in [1.29, 1.82) is 0 Å². The maximum atomic E-state index is 11.9. The van der Waals surface area contributed by atoms with Crippen LogP contribution in [0.15, 0.2) is 18.2 Å². The van der Waals surface area contributed by atoms with Crippen LogP contribution in [0.5, 0.6) is 0 Å². The lowest BCUT2D eigenvalue weighted by molar-refractivity contribution is -0.143. The van der Waals surface area contributed by atoms with Crippen LogP contribution < -0.4 is 0 Å². The van der Waals surface area contributed by atoms with E-state index in [0.29, 0.717) is 13.2 Å². The van der Waals surface area contributed by atoms with Crippen LogP contribution in [0.25, 0.3) is 10.9 Å². The van der Waals surface area contributed by atoms with Gasteiger partial charge >= 0.3 is 5.97 Å². The van der Waals surface area contributed by atoms with E-state index >= 15 is 0 Å². The molecule has 1 heterocycles. The maximum absolute atomic E-state index is 11.9. The monoisotopic (exact) mass is 285 g/mol. The second-order valence-electron chi connectivity index (χ2n) is 5.90. The van der Waals surface area contributed by atoms with Gasteiger partial charge in [0.05, 0.1) is 6.61 Å². The number of aryl methyl sites for hydroxylation is 2. The summed E-state index contributed by atoms with van der Waals surface area (Å²) < 4.78 is 7.34. The minimum absolute atomic E-state index is 0.137. The van der Waals surface area contributed by atoms with Gasteiger partial charge in [-0.1, -0.05) is 18.1 Å². The van der Waals surface area contributed by atoms with Crippen LogP contribution in [0.3, 0.4) is 0 Å². The lowest BCUT2D eigenvalue weighted by atomic mass is 10.0. The van der Waals surface area contributed by atoms with Gasteiger partial charge in [-0.25, -0.2) is 0 Å². The molecule has 1 aromatic carbocycles. The molecule has 0 atom stereocenters. The Hall–Kier alpha value is -1.77. The topological polar surface area (TPSA) is 31.2 Å². The van der Waals surface area contributed by atoms with E-state index in [9.17, 15) is 4.79 Å². The summed E-state index contributed by atoms with van der Waals surface area (Å²) in [5, 5.41) is 1.33. The fourth-order valence-electron chi connectivity index (χ4n) is 3.44. The minimum Gasteiger partial charge on any atom is -0.465 e. The summed E-state index contributed by atoms with van der Waals surface area (Å²) in [4.78, 5) is 11.9. The van der Waals surface area contributed by atoms with Crippen molar-refractivity contribution in [3.63, 3.8) is 0 Å². The van der Waals surface area contributed by atoms with E-state index in [4.69, 9.17) is 4.74 Å². The molecular formula is C18H23NO2. The average Bonchev–Trinajstić information content (AvgIpc) is 2.64. The molecule has 1 aliphatic carbocycles. The Kier molecular flexibility index (Phi) is 4.00. The van der Waals surface area contributed by atoms with E-state index in [1.54, 1.807) is 0 Å². The maximum Gasteiger partial charge on any atom is 0.325 e. The first kappa shape index (κ1) is 14.2. The number of carbonyl (C=O) groups excluding carboxylic acids is 1. The zero-order valence-electron chi connectivity index (χ0n) is 12.9. The standard InChI is InChI=1S/C18H23NO2/c1-3-21-18(20)12-19-16-8-6-4-5-7-14(16)15-11-13(2)9-10-17(15)19/h9-11H,3-8,12H2,1-2H3. The van der Waals surface area contributed by atoms with E-state index in [1.807, 2.05) is 6.92 Å². The zero-order valence-corrected chi connectivity index (χ0v) is 12.9. The fraction of sp³-hybridized carbons (Fsp3) is 0.500. The van der Waals surface area contributed by atoms with Gasteiger partial charge in [0.2, 0.25) is 0 Å². The van der Waals surface area contributed by atoms with E-state index in [0.717, 1.165) is 12.8 Å². The number of benzene rings is 1. The number of hydrogen-bond acceptors (Lipinski definition) is 2. The van der Waals surface area contributed by atoms with Gasteiger partial charge in [0.25, 0.3) is 0 Å². The summed E-state index contributed by atoms with van der Waals surface area (Å²) >= 11 is 0. The number of hydrogen-bond donors (Lipinski definition) is 0. The smallest absolute Gasteiger partial charge is 0.325 e. The van der Waals surface area contributed by atoms with E-state index in [2.05, 4.69) is 29.7 Å². The summed E-state index contributed by atoms with van der Waals surface area (Å²) in [7, 11) is 0. The molecule has 0 spiro atoms. The molecule has 1 aliphatic rings. The third-order valence-corrected chi connectivity index (χ3v) is 4.38. The lowest BCUT2D eigenvalue weighted by Crippen LogP contribution is -2.15. The highest BCUT2D eigenvalue weighted by Gasteiger charge is 2.20. The highest BCUT2D eigenvalue weighted by atomic mass is 16.5. The Bertz CT molecular complexity index is 669. The Labute approximate surface area is 125 Å². The summed E-state index contributed by atoms with van der Waals surface area (Å²) in [5.41, 5.74) is 5.26. The molecule has 2 aromatic rings. The molecule has 112 valence electrons. The number of ether oxygens (including phenoxy) is 1. The number of carbonyl (C=O) groups is 1. The van der Waals surface area contributed by atoms with Crippen LogP contribution in [-0.2, 0) is 28.9 Å². The molecule has 21 heavy (non-hydrogen) atoms. The molecule has 0 saturated heterocycles. The number of aromatic nitrogens is 1. The van der Waals surface area contributed by atoms with Gasteiger partial charge in [-0.05, 0) is 57.2 Å². The van der Waals surface area contributed by atoms with Crippen molar-refractivity contribution in [2.45, 2.75) is 52.5 Å². The fourth-order valence-corrected chi connectivity index (χ4v) is 3.44. The highest BCUT2D eigenvalue weighted by molar-refractivity contribution is 5.87. The molecule has 0 unspecified atom stereocenters. The first-order chi connectivity index (χ1) is 10.2. The normalized spacial score (nSPS) is 14.8. The predicted molar refractivity (Wildman–Crippen MR) is 84.6 cm³/mol. The van der Waals surface area contributed by atoms with Crippen molar-refractivity contribution < 1.29 is 9.53 Å². The third kappa shape index (κ3) is 2.69. The lowest BCUT2D eigenvalue weighted by Gasteiger charge is -2.10. The number of fused-ring (bicyclic) bond motifs is 3. The van der Waals surface area contributed by atoms with Gasteiger partial charge in [-0.2, -0.15) is 0 Å². The molecule has 0 N–H and O–H groups in total. The van der Waals surface area contributed by atoms with Gasteiger partial charge in [-0.3, -0.25) is 4.79 Å². The summed E-state index contributed by atoms with van der Waals surface area (Å²) in [6, 6.07) is 6.54. The van der Waals surface area contributed by atoms with Crippen LogP contribution in [0.4, 0.5) is 0 Å². The Morgan fingerprint density at radius 2 is 2.05 bits per heavy atom. The molecule has 0 radical (unpaired) electrons. The Morgan fingerprint density at radius 3 is 2.86 bits per heavy atom. The van der Waals surface area contributed by atoms with Crippen molar-refractivity contribution in [2.24, 2.45) is 0 Å². The molecule has 0 fully saturated rings. The summed E-state index contributed by atoms with van der Waals surface area (Å²) in [5.74, 6) is -0.137. The van der Waals surface area contributed by atoms with Crippen LogP contribution in [0.2, 0.25) is 0 Å². The number of esters is 1. The summed E-state index contributed by atoms with van der Waals surface area (Å²) in [6.45, 7) is 4.77. The molecule has 3 nitrogen and oxygen atoms in total. The molecule has 3 rings (SSSR count). The number of rotatable bonds is 3. The zero-order chi connectivity index (χ0) is 14.8. The van der Waals surface area contributed by atoms with Crippen LogP contribution in [-0.4, -0.2) is 17.1 Å². The van der Waals surface area contributed by atoms with Gasteiger partial charge in [-0.15, -0.1) is 0 Å². The Morgan fingerprint density at radius 1 is 1.24 bits per heavy atom. The average molecular weight is 285 g/mol. The van der Waals surface area contributed by atoms with Gasteiger partial charge in [0, 0.05) is 16.6 Å².